The molecule has 2 aliphatic heterocycles. The molecule has 0 bridgehead atoms. The number of aromatic nitrogens is 4. The van der Waals surface area contributed by atoms with Crippen LogP contribution in [0.1, 0.15) is 38.8 Å². The molecule has 19 heteroatoms. The Labute approximate surface area is 349 Å². The molecule has 6 rings (SSSR count). The summed E-state index contributed by atoms with van der Waals surface area (Å²) in [6, 6.07) is 9.02. The van der Waals surface area contributed by atoms with E-state index in [0.717, 1.165) is 49.0 Å². The fraction of sp³-hybridized carbons (Fsp3) is 0.474. The van der Waals surface area contributed by atoms with Crippen molar-refractivity contribution in [3.63, 3.8) is 0 Å². The van der Waals surface area contributed by atoms with Crippen molar-refractivity contribution in [1.82, 2.24) is 25.3 Å². The molecule has 1 N–H and O–H groups in total. The quantitative estimate of drug-likeness (QED) is 0.150. The van der Waals surface area contributed by atoms with Crippen LogP contribution in [0.15, 0.2) is 58.6 Å². The lowest BCUT2D eigenvalue weighted by Gasteiger charge is -2.44. The highest BCUT2D eigenvalue weighted by Crippen LogP contribution is 2.29. The number of aryl methyl sites for hydroxylation is 2. The SMILES string of the molecule is CC(C)[C@@H]1CN(c2ccc(F)c(S(C)(=O)=O)c2)CCN1.Cc1cnc(Cl)nc1Cl.Cc1cnc(N2CCN(c3ccc(F)c(S(C)(=O)=O)c3)C[C@H]2C(C)C)nc1Cl. The number of rotatable bonds is 7. The van der Waals surface area contributed by atoms with Crippen molar-refractivity contribution in [1.29, 1.82) is 0 Å². The Kier molecular flexibility index (Phi) is 15.9. The van der Waals surface area contributed by atoms with Gasteiger partial charge in [0.25, 0.3) is 0 Å². The Morgan fingerprint density at radius 1 is 0.719 bits per heavy atom. The van der Waals surface area contributed by atoms with Gasteiger partial charge in [-0.15, -0.1) is 0 Å². The second-order valence-corrected chi connectivity index (χ2v) is 19.8. The summed E-state index contributed by atoms with van der Waals surface area (Å²) in [7, 11) is -7.18. The van der Waals surface area contributed by atoms with Gasteiger partial charge in [0, 0.05) is 92.7 Å². The van der Waals surface area contributed by atoms with E-state index >= 15 is 0 Å². The first-order valence-corrected chi connectivity index (χ1v) is 23.1. The molecule has 0 aliphatic carbocycles. The average molecular weight is 890 g/mol. The maximum absolute atomic E-state index is 14.0. The zero-order valence-electron chi connectivity index (χ0n) is 33.1. The van der Waals surface area contributed by atoms with E-state index in [4.69, 9.17) is 34.8 Å². The van der Waals surface area contributed by atoms with E-state index in [9.17, 15) is 25.6 Å². The highest BCUT2D eigenvalue weighted by Gasteiger charge is 2.32. The first kappa shape index (κ1) is 46.3. The van der Waals surface area contributed by atoms with Crippen molar-refractivity contribution >= 4 is 71.8 Å². The molecule has 0 spiro atoms. The van der Waals surface area contributed by atoms with Crippen molar-refractivity contribution in [3.8, 4) is 0 Å². The molecule has 0 radical (unpaired) electrons. The van der Waals surface area contributed by atoms with Crippen LogP contribution in [-0.4, -0.2) is 101 Å². The van der Waals surface area contributed by atoms with Crippen LogP contribution in [0.25, 0.3) is 0 Å². The Hall–Kier alpha value is -3.41. The second-order valence-electron chi connectivity index (χ2n) is 14.7. The van der Waals surface area contributed by atoms with Gasteiger partial charge in [-0.25, -0.2) is 45.6 Å². The summed E-state index contributed by atoms with van der Waals surface area (Å²) in [5, 5.41) is 4.47. The minimum atomic E-state index is -3.63. The number of hydrogen-bond acceptors (Lipinski definition) is 12. The van der Waals surface area contributed by atoms with Crippen LogP contribution in [0.5, 0.6) is 0 Å². The molecular formula is C38H49Cl3F2N8O4S2. The smallest absolute Gasteiger partial charge is 0.227 e. The number of nitrogens with one attached hydrogen (secondary N) is 1. The van der Waals surface area contributed by atoms with Gasteiger partial charge in [0.2, 0.25) is 11.2 Å². The van der Waals surface area contributed by atoms with E-state index in [1.54, 1.807) is 24.5 Å². The standard InChI is InChI=1S/C19H24ClFN4O2S.C14H21FN2O2S.C5H4Cl2N2/c1-12(2)16-11-24(14-5-6-15(21)17(9-14)28(4,26)27)7-8-25(16)19-22-10-13(3)18(20)23-19;1-10(2)13-9-17(7-6-16-13)11-4-5-12(15)14(8-11)20(3,18)19;1-3-2-8-5(7)9-4(3)6/h5-6,9-10,12,16H,7-8,11H2,1-4H3;4-5,8,10,13,16H,6-7,9H2,1-3H3;2H,1H3/t16-;13-;/m00./s1. The zero-order chi connectivity index (χ0) is 42.4. The van der Waals surface area contributed by atoms with Gasteiger partial charge in [-0.1, -0.05) is 50.9 Å². The lowest BCUT2D eigenvalue weighted by molar-refractivity contribution is 0.368. The third kappa shape index (κ3) is 12.5. The molecule has 0 saturated carbocycles. The number of hydrogen-bond donors (Lipinski definition) is 1. The summed E-state index contributed by atoms with van der Waals surface area (Å²) >= 11 is 17.2. The van der Waals surface area contributed by atoms with Crippen LogP contribution in [-0.2, 0) is 19.7 Å². The van der Waals surface area contributed by atoms with Gasteiger partial charge in [-0.05, 0) is 73.7 Å². The van der Waals surface area contributed by atoms with Gasteiger partial charge >= 0.3 is 0 Å². The van der Waals surface area contributed by atoms with Gasteiger partial charge in [-0.3, -0.25) is 0 Å². The van der Waals surface area contributed by atoms with E-state index in [2.05, 4.69) is 67.6 Å². The van der Waals surface area contributed by atoms with Crippen molar-refractivity contribution in [3.05, 3.63) is 87.1 Å². The Morgan fingerprint density at radius 2 is 1.23 bits per heavy atom. The lowest BCUT2D eigenvalue weighted by Crippen LogP contribution is -2.56. The number of anilines is 3. The van der Waals surface area contributed by atoms with Crippen LogP contribution in [0.2, 0.25) is 15.6 Å². The summed E-state index contributed by atoms with van der Waals surface area (Å²) in [4.78, 5) is 22.1. The molecule has 2 aromatic carbocycles. The Morgan fingerprint density at radius 3 is 1.68 bits per heavy atom. The molecule has 2 saturated heterocycles. The molecule has 2 aromatic heterocycles. The van der Waals surface area contributed by atoms with Crippen LogP contribution in [0.3, 0.4) is 0 Å². The van der Waals surface area contributed by atoms with Crippen molar-refractivity contribution in [2.75, 3.05) is 66.5 Å². The maximum Gasteiger partial charge on any atom is 0.227 e. The van der Waals surface area contributed by atoms with Crippen molar-refractivity contribution < 1.29 is 25.6 Å². The minimum absolute atomic E-state index is 0.0965. The van der Waals surface area contributed by atoms with Gasteiger partial charge in [0.05, 0.1) is 6.04 Å². The number of benzene rings is 2. The zero-order valence-corrected chi connectivity index (χ0v) is 37.0. The Balaban J connectivity index is 0.000000215. The molecule has 57 heavy (non-hydrogen) atoms. The molecule has 2 atom stereocenters. The number of nitrogens with zero attached hydrogens (tertiary/aromatic N) is 7. The molecule has 2 aliphatic rings. The van der Waals surface area contributed by atoms with Gasteiger partial charge in [0.1, 0.15) is 31.7 Å². The molecule has 2 fully saturated rings. The fourth-order valence-electron chi connectivity index (χ4n) is 6.22. The number of piperazine rings is 2. The van der Waals surface area contributed by atoms with Crippen LogP contribution < -0.4 is 20.0 Å². The topological polar surface area (TPSA) is 142 Å². The highest BCUT2D eigenvalue weighted by atomic mass is 35.5. The highest BCUT2D eigenvalue weighted by molar-refractivity contribution is 7.91. The van der Waals surface area contributed by atoms with Crippen LogP contribution in [0.4, 0.5) is 26.1 Å². The summed E-state index contributed by atoms with van der Waals surface area (Å²) in [6.45, 7) is 16.5. The van der Waals surface area contributed by atoms with Gasteiger partial charge in [-0.2, -0.15) is 0 Å². The van der Waals surface area contributed by atoms with Gasteiger partial charge in [0.15, 0.2) is 19.7 Å². The molecule has 0 amide bonds. The summed E-state index contributed by atoms with van der Waals surface area (Å²) in [5.74, 6) is -0.0430. The predicted octanol–water partition coefficient (Wildman–Crippen LogP) is 7.09. The van der Waals surface area contributed by atoms with E-state index in [-0.39, 0.29) is 21.1 Å². The third-order valence-electron chi connectivity index (χ3n) is 9.59. The average Bonchev–Trinajstić information content (AvgIpc) is 3.14. The van der Waals surface area contributed by atoms with E-state index in [1.165, 1.54) is 24.3 Å². The number of sulfone groups is 2. The first-order valence-electron chi connectivity index (χ1n) is 18.2. The predicted molar refractivity (Wildman–Crippen MR) is 225 cm³/mol. The molecule has 4 aromatic rings. The van der Waals surface area contributed by atoms with Crippen molar-refractivity contribution in [2.24, 2.45) is 11.8 Å². The minimum Gasteiger partial charge on any atom is -0.369 e. The fourth-order valence-corrected chi connectivity index (χ4v) is 8.16. The molecule has 4 heterocycles. The second kappa shape index (κ2) is 19.6. The summed E-state index contributed by atoms with van der Waals surface area (Å²) in [5.41, 5.74) is 3.11. The molecule has 12 nitrogen and oxygen atoms in total. The third-order valence-corrected chi connectivity index (χ3v) is 12.8. The number of halogens is 5. The van der Waals surface area contributed by atoms with Crippen LogP contribution in [0, 0.1) is 37.3 Å². The largest absolute Gasteiger partial charge is 0.369 e. The first-order chi connectivity index (χ1) is 26.6. The van der Waals surface area contributed by atoms with E-state index in [1.807, 2.05) is 13.8 Å². The molecule has 312 valence electrons. The molecule has 0 unspecified atom stereocenters. The monoisotopic (exact) mass is 888 g/mol. The van der Waals surface area contributed by atoms with E-state index < -0.39 is 31.3 Å². The maximum atomic E-state index is 14.0. The van der Waals surface area contributed by atoms with E-state index in [0.29, 0.717) is 59.5 Å². The normalized spacial score (nSPS) is 17.6. The summed E-state index contributed by atoms with van der Waals surface area (Å²) < 4.78 is 74.5. The van der Waals surface area contributed by atoms with Crippen LogP contribution >= 0.6 is 34.8 Å². The Bertz CT molecular complexity index is 2260. The van der Waals surface area contributed by atoms with Gasteiger partial charge < -0.3 is 20.0 Å². The van der Waals surface area contributed by atoms with Crippen molar-refractivity contribution in [2.45, 2.75) is 63.4 Å². The summed E-state index contributed by atoms with van der Waals surface area (Å²) in [6.07, 6.45) is 5.34. The molecular weight excluding hydrogens is 841 g/mol. The lowest BCUT2D eigenvalue weighted by atomic mass is 9.99.